The Labute approximate surface area is 177 Å². The third-order valence-corrected chi connectivity index (χ3v) is 5.61. The average Bonchev–Trinajstić information content (AvgIpc) is 2.80. The van der Waals surface area contributed by atoms with E-state index < -0.39 is 17.4 Å². The lowest BCUT2D eigenvalue weighted by molar-refractivity contribution is -0.139. The van der Waals surface area contributed by atoms with Crippen molar-refractivity contribution in [2.45, 2.75) is 18.9 Å². The fourth-order valence-electron chi connectivity index (χ4n) is 3.76. The molecule has 1 amide bonds. The molecule has 1 saturated heterocycles. The number of fused-ring (bicyclic) bond motifs is 1. The van der Waals surface area contributed by atoms with Gasteiger partial charge in [0.1, 0.15) is 17.6 Å². The van der Waals surface area contributed by atoms with E-state index in [4.69, 9.17) is 4.74 Å². The van der Waals surface area contributed by atoms with Gasteiger partial charge in [-0.25, -0.2) is 14.2 Å². The van der Waals surface area contributed by atoms with E-state index in [1.807, 2.05) is 0 Å². The zero-order valence-corrected chi connectivity index (χ0v) is 17.4. The van der Waals surface area contributed by atoms with Crippen LogP contribution in [0.3, 0.4) is 0 Å². The van der Waals surface area contributed by atoms with Crippen LogP contribution in [-0.4, -0.2) is 44.6 Å². The van der Waals surface area contributed by atoms with Gasteiger partial charge in [0.05, 0.1) is 24.2 Å². The normalized spacial score (nSPS) is 16.6. The van der Waals surface area contributed by atoms with E-state index in [1.54, 1.807) is 36.2 Å². The van der Waals surface area contributed by atoms with Gasteiger partial charge in [0.2, 0.25) is 5.91 Å². The summed E-state index contributed by atoms with van der Waals surface area (Å²) in [5.74, 6) is -0.316. The fraction of sp³-hybridized carbons (Fsp3) is 0.364. The van der Waals surface area contributed by atoms with Gasteiger partial charge >= 0.3 is 5.69 Å². The van der Waals surface area contributed by atoms with Crippen molar-refractivity contribution in [1.82, 2.24) is 19.0 Å². The summed E-state index contributed by atoms with van der Waals surface area (Å²) in [5, 5.41) is 0.344. The third-order valence-electron chi connectivity index (χ3n) is 5.61. The predicted molar refractivity (Wildman–Crippen MR) is 112 cm³/mol. The second-order valence-corrected chi connectivity index (χ2v) is 7.64. The van der Waals surface area contributed by atoms with Gasteiger partial charge in [-0.15, -0.1) is 0 Å². The zero-order valence-electron chi connectivity index (χ0n) is 17.4. The molecule has 0 spiro atoms. The largest absolute Gasteiger partial charge is 0.368 e. The number of rotatable bonds is 4. The summed E-state index contributed by atoms with van der Waals surface area (Å²) in [6.07, 6.45) is 0.390. The van der Waals surface area contributed by atoms with Gasteiger partial charge in [-0.05, 0) is 36.2 Å². The molecule has 0 unspecified atom stereocenters. The molecule has 3 heterocycles. The first-order valence-corrected chi connectivity index (χ1v) is 10.1. The minimum atomic E-state index is -0.454. The van der Waals surface area contributed by atoms with Crippen molar-refractivity contribution in [2.75, 3.05) is 19.7 Å². The van der Waals surface area contributed by atoms with Crippen molar-refractivity contribution in [3.63, 3.8) is 0 Å². The fourth-order valence-corrected chi connectivity index (χ4v) is 3.76. The molecule has 31 heavy (non-hydrogen) atoms. The Hall–Kier alpha value is -3.33. The van der Waals surface area contributed by atoms with E-state index in [-0.39, 0.29) is 17.4 Å². The summed E-state index contributed by atoms with van der Waals surface area (Å²) in [7, 11) is 2.99. The molecule has 9 heteroatoms. The van der Waals surface area contributed by atoms with Crippen molar-refractivity contribution < 1.29 is 13.9 Å². The smallest absolute Gasteiger partial charge is 0.332 e. The lowest BCUT2D eigenvalue weighted by Crippen LogP contribution is -2.42. The topological polar surface area (TPSA) is 86.4 Å². The number of aryl methyl sites for hydroxylation is 2. The van der Waals surface area contributed by atoms with Crippen LogP contribution in [0.25, 0.3) is 11.0 Å². The van der Waals surface area contributed by atoms with Crippen LogP contribution >= 0.6 is 0 Å². The Morgan fingerprint density at radius 1 is 1.13 bits per heavy atom. The molecule has 2 aromatic heterocycles. The molecular formula is C22H23FN4O4. The predicted octanol–water partition coefficient (Wildman–Crippen LogP) is 1.30. The number of aromatic nitrogens is 3. The number of hydrogen-bond acceptors (Lipinski definition) is 5. The van der Waals surface area contributed by atoms with Crippen molar-refractivity contribution in [3.8, 4) is 0 Å². The maximum atomic E-state index is 13.0. The van der Waals surface area contributed by atoms with Crippen molar-refractivity contribution in [1.29, 1.82) is 0 Å². The number of pyridine rings is 1. The molecule has 162 valence electrons. The second kappa shape index (κ2) is 8.43. The maximum absolute atomic E-state index is 13.0. The van der Waals surface area contributed by atoms with Gasteiger partial charge in [0, 0.05) is 27.1 Å². The number of ether oxygens (including phenoxy) is 1. The van der Waals surface area contributed by atoms with Gasteiger partial charge in [-0.1, -0.05) is 12.1 Å². The summed E-state index contributed by atoms with van der Waals surface area (Å²) in [4.78, 5) is 43.5. The molecular weight excluding hydrogens is 403 g/mol. The molecule has 0 saturated carbocycles. The number of benzene rings is 1. The van der Waals surface area contributed by atoms with Crippen LogP contribution in [0, 0.1) is 5.82 Å². The van der Waals surface area contributed by atoms with E-state index in [0.29, 0.717) is 43.6 Å². The highest BCUT2D eigenvalue weighted by Crippen LogP contribution is 2.22. The molecule has 0 aliphatic carbocycles. The number of nitrogens with zero attached hydrogens (tertiary/aromatic N) is 4. The highest BCUT2D eigenvalue weighted by atomic mass is 19.1. The van der Waals surface area contributed by atoms with E-state index in [1.165, 1.54) is 23.7 Å². The van der Waals surface area contributed by atoms with Gasteiger partial charge in [0.25, 0.3) is 5.56 Å². The Kier molecular flexibility index (Phi) is 5.69. The van der Waals surface area contributed by atoms with E-state index in [0.717, 1.165) is 10.1 Å². The number of carbonyl (C=O) groups is 1. The number of halogens is 1. The van der Waals surface area contributed by atoms with Crippen LogP contribution in [0.15, 0.2) is 46.0 Å². The molecule has 0 N–H and O–H groups in total. The molecule has 8 nitrogen and oxygen atoms in total. The Morgan fingerprint density at radius 2 is 1.87 bits per heavy atom. The lowest BCUT2D eigenvalue weighted by atomic mass is 10.1. The third kappa shape index (κ3) is 4.13. The number of morpholine rings is 1. The van der Waals surface area contributed by atoms with Crippen LogP contribution in [0.1, 0.15) is 23.8 Å². The van der Waals surface area contributed by atoms with E-state index in [2.05, 4.69) is 4.98 Å². The summed E-state index contributed by atoms with van der Waals surface area (Å²) >= 11 is 0. The summed E-state index contributed by atoms with van der Waals surface area (Å²) in [5.41, 5.74) is 0.891. The highest BCUT2D eigenvalue weighted by Gasteiger charge is 2.26. The lowest BCUT2D eigenvalue weighted by Gasteiger charge is -2.33. The molecule has 0 radical (unpaired) electrons. The first-order valence-electron chi connectivity index (χ1n) is 10.1. The van der Waals surface area contributed by atoms with Gasteiger partial charge < -0.3 is 9.64 Å². The number of carbonyl (C=O) groups excluding carboxylic acids is 1. The number of hydrogen-bond donors (Lipinski definition) is 0. The molecule has 1 atom stereocenters. The van der Waals surface area contributed by atoms with Gasteiger partial charge in [0.15, 0.2) is 0 Å². The van der Waals surface area contributed by atoms with Gasteiger partial charge in [-0.3, -0.25) is 18.7 Å². The van der Waals surface area contributed by atoms with E-state index in [9.17, 15) is 18.8 Å². The highest BCUT2D eigenvalue weighted by molar-refractivity contribution is 5.77. The standard InChI is InChI=1S/C22H23FN4O4/c1-25-20-16(21(29)26(2)22(25)30)8-9-17(24-20)18-13-27(11-12-31-18)19(28)10-5-14-3-6-15(23)7-4-14/h3-4,6-9,18H,5,10-13H2,1-2H3/t18-/m0/s1. The minimum absolute atomic E-state index is 0.0142. The first kappa shape index (κ1) is 20.9. The van der Waals surface area contributed by atoms with E-state index >= 15 is 0 Å². The molecule has 0 bridgehead atoms. The molecule has 1 aliphatic rings. The number of amides is 1. The van der Waals surface area contributed by atoms with Crippen molar-refractivity contribution in [2.24, 2.45) is 14.1 Å². The molecule has 3 aromatic rings. The van der Waals surface area contributed by atoms with Crippen molar-refractivity contribution in [3.05, 3.63) is 74.3 Å². The van der Waals surface area contributed by atoms with Gasteiger partial charge in [-0.2, -0.15) is 0 Å². The van der Waals surface area contributed by atoms with Crippen LogP contribution in [0.5, 0.6) is 0 Å². The summed E-state index contributed by atoms with van der Waals surface area (Å²) in [6, 6.07) is 9.47. The van der Waals surface area contributed by atoms with Crippen LogP contribution in [0.4, 0.5) is 4.39 Å². The Morgan fingerprint density at radius 3 is 2.61 bits per heavy atom. The zero-order chi connectivity index (χ0) is 22.1. The molecule has 1 aliphatic heterocycles. The molecule has 4 rings (SSSR count). The van der Waals surface area contributed by atoms with Crippen molar-refractivity contribution >= 4 is 16.9 Å². The van der Waals surface area contributed by atoms with Crippen LogP contribution in [0.2, 0.25) is 0 Å². The second-order valence-electron chi connectivity index (χ2n) is 7.64. The maximum Gasteiger partial charge on any atom is 0.332 e. The first-order chi connectivity index (χ1) is 14.8. The Balaban J connectivity index is 1.51. The van der Waals surface area contributed by atoms with Crippen LogP contribution in [-0.2, 0) is 30.0 Å². The average molecular weight is 426 g/mol. The molecule has 1 fully saturated rings. The monoisotopic (exact) mass is 426 g/mol. The SMILES string of the molecule is Cn1c(=O)c2ccc([C@@H]3CN(C(=O)CCc4ccc(F)cc4)CCO3)nc2n(C)c1=O. The van der Waals surface area contributed by atoms with Crippen LogP contribution < -0.4 is 11.2 Å². The Bertz CT molecular complexity index is 1250. The summed E-state index contributed by atoms with van der Waals surface area (Å²) in [6.45, 7) is 1.17. The minimum Gasteiger partial charge on any atom is -0.368 e. The molecule has 1 aromatic carbocycles. The summed E-state index contributed by atoms with van der Waals surface area (Å²) < 4.78 is 21.2. The quantitative estimate of drug-likeness (QED) is 0.628.